The van der Waals surface area contributed by atoms with Crippen LogP contribution in [-0.4, -0.2) is 20.8 Å². The molecule has 1 heterocycles. The number of nitrogens with zero attached hydrogens (tertiary/aromatic N) is 2. The summed E-state index contributed by atoms with van der Waals surface area (Å²) in [5, 5.41) is 12.6. The second-order valence-corrected chi connectivity index (χ2v) is 2.29. The van der Waals surface area contributed by atoms with Gasteiger partial charge in [-0.05, 0) is 0 Å². The van der Waals surface area contributed by atoms with Crippen molar-refractivity contribution < 1.29 is 5.11 Å². The Bertz CT molecular complexity index is 94.9. The van der Waals surface area contributed by atoms with Gasteiger partial charge in [0, 0.05) is 12.6 Å². The lowest BCUT2D eigenvalue weighted by atomic mass is 10.4. The van der Waals surface area contributed by atoms with Crippen LogP contribution in [0.5, 0.6) is 0 Å². The number of aliphatic hydroxyl groups is 1. The van der Waals surface area contributed by atoms with Crippen LogP contribution in [0.25, 0.3) is 0 Å². The predicted octanol–water partition coefficient (Wildman–Crippen LogP) is 0.346. The molecule has 1 aliphatic heterocycles. The third kappa shape index (κ3) is 1.03. The van der Waals surface area contributed by atoms with E-state index in [0.29, 0.717) is 6.42 Å². The molecule has 0 saturated heterocycles. The summed E-state index contributed by atoms with van der Waals surface area (Å²) in [6, 6.07) is 0. The number of aliphatic hydroxyl groups excluding tert-OH is 1. The van der Waals surface area contributed by atoms with E-state index in [1.54, 1.807) is 6.21 Å². The number of hydrogen-bond donors (Lipinski definition) is 1. The molecule has 3 nitrogen and oxygen atoms in total. The highest BCUT2D eigenvalue weighted by molar-refractivity contribution is 14.1. The van der Waals surface area contributed by atoms with E-state index in [4.69, 9.17) is 5.11 Å². The molecule has 0 aliphatic carbocycles. The van der Waals surface area contributed by atoms with Crippen molar-refractivity contribution in [1.29, 1.82) is 0 Å². The van der Waals surface area contributed by atoms with Crippen molar-refractivity contribution in [2.75, 3.05) is 0 Å². The van der Waals surface area contributed by atoms with Crippen LogP contribution in [0.1, 0.15) is 6.42 Å². The van der Waals surface area contributed by atoms with E-state index in [1.807, 2.05) is 22.9 Å². The van der Waals surface area contributed by atoms with Crippen LogP contribution in [-0.2, 0) is 0 Å². The van der Waals surface area contributed by atoms with Crippen molar-refractivity contribution in [3.8, 4) is 0 Å². The van der Waals surface area contributed by atoms with E-state index in [9.17, 15) is 0 Å². The third-order valence-electron chi connectivity index (χ3n) is 0.754. The second kappa shape index (κ2) is 1.95. The minimum absolute atomic E-state index is 0.388. The average Bonchev–Trinajstić information content (AvgIpc) is 1.91. The number of rotatable bonds is 0. The van der Waals surface area contributed by atoms with Crippen molar-refractivity contribution in [3.63, 3.8) is 0 Å². The van der Waals surface area contributed by atoms with Crippen molar-refractivity contribution in [1.82, 2.24) is 3.22 Å². The van der Waals surface area contributed by atoms with E-state index in [-0.39, 0.29) is 6.23 Å². The molecule has 0 radical (unpaired) electrons. The highest BCUT2D eigenvalue weighted by Gasteiger charge is 2.12. The normalized spacial score (nSPS) is 29.4. The Morgan fingerprint density at radius 3 is 2.86 bits per heavy atom. The van der Waals surface area contributed by atoms with Gasteiger partial charge in [0.25, 0.3) is 0 Å². The van der Waals surface area contributed by atoms with Crippen LogP contribution in [0.3, 0.4) is 0 Å². The molecule has 4 heteroatoms. The summed E-state index contributed by atoms with van der Waals surface area (Å²) in [7, 11) is 0. The minimum Gasteiger partial charge on any atom is -0.371 e. The maximum atomic E-state index is 8.79. The van der Waals surface area contributed by atoms with Gasteiger partial charge >= 0.3 is 0 Å². The molecular formula is C3H5IN2O. The molecule has 0 fully saturated rings. The first kappa shape index (κ1) is 5.30. The topological polar surface area (TPSA) is 35.8 Å². The zero-order valence-electron chi connectivity index (χ0n) is 3.58. The Balaban J connectivity index is 2.45. The number of hydrazone groups is 1. The van der Waals surface area contributed by atoms with E-state index in [0.717, 1.165) is 0 Å². The van der Waals surface area contributed by atoms with Crippen molar-refractivity contribution in [3.05, 3.63) is 0 Å². The van der Waals surface area contributed by atoms with Crippen LogP contribution in [0.2, 0.25) is 0 Å². The smallest absolute Gasteiger partial charge is 0.157 e. The van der Waals surface area contributed by atoms with Gasteiger partial charge in [-0.25, -0.2) is 3.22 Å². The number of halogens is 1. The van der Waals surface area contributed by atoms with Gasteiger partial charge in [0.05, 0.1) is 22.9 Å². The van der Waals surface area contributed by atoms with Gasteiger partial charge in [-0.15, -0.1) is 0 Å². The summed E-state index contributed by atoms with van der Waals surface area (Å²) in [5.74, 6) is 0. The lowest BCUT2D eigenvalue weighted by molar-refractivity contribution is 0.106. The van der Waals surface area contributed by atoms with Crippen LogP contribution in [0, 0.1) is 0 Å². The molecule has 1 N–H and O–H groups in total. The summed E-state index contributed by atoms with van der Waals surface area (Å²) in [6.07, 6.45) is 1.96. The van der Waals surface area contributed by atoms with Gasteiger partial charge in [-0.1, -0.05) is 0 Å². The van der Waals surface area contributed by atoms with Gasteiger partial charge in [0.15, 0.2) is 6.23 Å². The molecule has 1 atom stereocenters. The lowest BCUT2D eigenvalue weighted by Gasteiger charge is -2.07. The summed E-state index contributed by atoms with van der Waals surface area (Å²) < 4.78 is 1.50. The van der Waals surface area contributed by atoms with Gasteiger partial charge in [-0.2, -0.15) is 5.10 Å². The summed E-state index contributed by atoms with van der Waals surface area (Å²) in [4.78, 5) is 0. The molecule has 1 rings (SSSR count). The van der Waals surface area contributed by atoms with Crippen LogP contribution in [0.15, 0.2) is 5.10 Å². The van der Waals surface area contributed by atoms with Gasteiger partial charge in [0.2, 0.25) is 0 Å². The SMILES string of the molecule is OC1CC=NN1I. The van der Waals surface area contributed by atoms with Gasteiger partial charge in [-0.3, -0.25) is 0 Å². The maximum Gasteiger partial charge on any atom is 0.157 e. The molecule has 40 valence electrons. The van der Waals surface area contributed by atoms with Gasteiger partial charge < -0.3 is 5.11 Å². The first-order chi connectivity index (χ1) is 3.30. The van der Waals surface area contributed by atoms with Crippen LogP contribution >= 0.6 is 22.9 Å². The third-order valence-corrected chi connectivity index (χ3v) is 1.65. The molecular weight excluding hydrogens is 207 g/mol. The first-order valence-corrected chi connectivity index (χ1v) is 2.92. The van der Waals surface area contributed by atoms with E-state index >= 15 is 0 Å². The second-order valence-electron chi connectivity index (χ2n) is 1.30. The fourth-order valence-corrected chi connectivity index (χ4v) is 0.787. The van der Waals surface area contributed by atoms with Crippen LogP contribution < -0.4 is 0 Å². The van der Waals surface area contributed by atoms with E-state index in [2.05, 4.69) is 5.10 Å². The Morgan fingerprint density at radius 1 is 2.00 bits per heavy atom. The monoisotopic (exact) mass is 212 g/mol. The average molecular weight is 212 g/mol. The molecule has 1 unspecified atom stereocenters. The number of hydrogen-bond acceptors (Lipinski definition) is 3. The molecule has 7 heavy (non-hydrogen) atoms. The summed E-state index contributed by atoms with van der Waals surface area (Å²) in [5.41, 5.74) is 0. The van der Waals surface area contributed by atoms with E-state index in [1.165, 1.54) is 3.22 Å². The lowest BCUT2D eigenvalue weighted by Crippen LogP contribution is -2.14. The first-order valence-electron chi connectivity index (χ1n) is 1.96. The zero-order valence-corrected chi connectivity index (χ0v) is 5.74. The molecule has 0 aromatic carbocycles. The molecule has 1 aliphatic rings. The zero-order chi connectivity index (χ0) is 5.28. The maximum absolute atomic E-state index is 8.79. The fraction of sp³-hybridized carbons (Fsp3) is 0.667. The fourth-order valence-electron chi connectivity index (χ4n) is 0.383. The highest BCUT2D eigenvalue weighted by atomic mass is 127. The highest BCUT2D eigenvalue weighted by Crippen LogP contribution is 2.11. The molecule has 0 bridgehead atoms. The standard InChI is InChI=1S/C3H5IN2O/c4-6-3(7)1-2-5-6/h2-3,7H,1H2. The Morgan fingerprint density at radius 2 is 2.71 bits per heavy atom. The molecule has 0 saturated carbocycles. The molecule has 0 aromatic heterocycles. The largest absolute Gasteiger partial charge is 0.371 e. The van der Waals surface area contributed by atoms with E-state index < -0.39 is 0 Å². The van der Waals surface area contributed by atoms with Crippen molar-refractivity contribution in [2.24, 2.45) is 5.10 Å². The Labute approximate surface area is 55.5 Å². The molecule has 0 spiro atoms. The quantitative estimate of drug-likeness (QED) is 0.464. The summed E-state index contributed by atoms with van der Waals surface area (Å²) >= 11 is 1.94. The predicted molar refractivity (Wildman–Crippen MR) is 35.0 cm³/mol. The van der Waals surface area contributed by atoms with Crippen molar-refractivity contribution in [2.45, 2.75) is 12.6 Å². The Kier molecular flexibility index (Phi) is 1.48. The van der Waals surface area contributed by atoms with Gasteiger partial charge in [0.1, 0.15) is 0 Å². The van der Waals surface area contributed by atoms with Crippen LogP contribution in [0.4, 0.5) is 0 Å². The molecule has 0 aromatic rings. The molecule has 0 amide bonds. The minimum atomic E-state index is -0.388. The summed E-state index contributed by atoms with van der Waals surface area (Å²) in [6.45, 7) is 0. The Hall–Kier alpha value is 0.160. The van der Waals surface area contributed by atoms with Crippen molar-refractivity contribution >= 4 is 29.1 Å².